The minimum atomic E-state index is -3.50. The van der Waals surface area contributed by atoms with E-state index in [1.54, 1.807) is 15.3 Å². The van der Waals surface area contributed by atoms with Crippen molar-refractivity contribution in [2.45, 2.75) is 51.3 Å². The van der Waals surface area contributed by atoms with Gasteiger partial charge in [0.2, 0.25) is 15.9 Å². The molecule has 0 atom stereocenters. The standard InChI is InChI=1S/C19H28N2O3S/c1-19(2,3)18(22)20-10-5-11-21(13-12-20)25(23,24)17-9-8-15-6-4-7-16(15)14-17/h8-9,14H,4-7,10-13H2,1-3H3. The van der Waals surface area contributed by atoms with Gasteiger partial charge in [0.05, 0.1) is 4.90 Å². The third kappa shape index (κ3) is 3.75. The van der Waals surface area contributed by atoms with Crippen LogP contribution in [0, 0.1) is 5.41 Å². The second-order valence-electron chi connectivity index (χ2n) is 8.08. The lowest BCUT2D eigenvalue weighted by Gasteiger charge is -2.28. The van der Waals surface area contributed by atoms with Crippen LogP contribution < -0.4 is 0 Å². The molecule has 0 aromatic heterocycles. The molecular weight excluding hydrogens is 336 g/mol. The van der Waals surface area contributed by atoms with Crippen LogP contribution in [-0.4, -0.2) is 49.7 Å². The molecule has 1 saturated heterocycles. The summed E-state index contributed by atoms with van der Waals surface area (Å²) in [4.78, 5) is 14.7. The predicted molar refractivity (Wildman–Crippen MR) is 97.9 cm³/mol. The van der Waals surface area contributed by atoms with Gasteiger partial charge in [-0.15, -0.1) is 0 Å². The normalized spacial score (nSPS) is 19.6. The highest BCUT2D eigenvalue weighted by Crippen LogP contribution is 2.27. The molecule has 25 heavy (non-hydrogen) atoms. The number of aryl methyl sites for hydroxylation is 2. The molecule has 1 aromatic carbocycles. The number of hydrogen-bond donors (Lipinski definition) is 0. The third-order valence-corrected chi connectivity index (χ3v) is 6.99. The molecule has 1 aliphatic heterocycles. The van der Waals surface area contributed by atoms with Gasteiger partial charge in [-0.1, -0.05) is 26.8 Å². The van der Waals surface area contributed by atoms with Crippen molar-refractivity contribution in [1.29, 1.82) is 0 Å². The van der Waals surface area contributed by atoms with Crippen molar-refractivity contribution in [3.8, 4) is 0 Å². The summed E-state index contributed by atoms with van der Waals surface area (Å²) in [5, 5.41) is 0. The summed E-state index contributed by atoms with van der Waals surface area (Å²) in [6, 6.07) is 5.55. The summed E-state index contributed by atoms with van der Waals surface area (Å²) in [6.07, 6.45) is 3.79. The van der Waals surface area contributed by atoms with Crippen LogP contribution in [0.4, 0.5) is 0 Å². The fourth-order valence-corrected chi connectivity index (χ4v) is 5.19. The highest BCUT2D eigenvalue weighted by atomic mass is 32.2. The Kier molecular flexibility index (Phi) is 4.95. The van der Waals surface area contributed by atoms with E-state index in [4.69, 9.17) is 0 Å². The molecule has 3 rings (SSSR count). The van der Waals surface area contributed by atoms with Crippen molar-refractivity contribution >= 4 is 15.9 Å². The fraction of sp³-hybridized carbons (Fsp3) is 0.632. The Morgan fingerprint density at radius 1 is 0.960 bits per heavy atom. The summed E-state index contributed by atoms with van der Waals surface area (Å²) in [5.41, 5.74) is 2.01. The summed E-state index contributed by atoms with van der Waals surface area (Å²) in [5.74, 6) is 0.0873. The zero-order valence-corrected chi connectivity index (χ0v) is 16.2. The molecule has 138 valence electrons. The molecule has 1 fully saturated rings. The Morgan fingerprint density at radius 2 is 1.68 bits per heavy atom. The summed E-state index contributed by atoms with van der Waals surface area (Å²) >= 11 is 0. The number of hydrogen-bond acceptors (Lipinski definition) is 3. The smallest absolute Gasteiger partial charge is 0.243 e. The molecule has 0 unspecified atom stereocenters. The van der Waals surface area contributed by atoms with Crippen LogP contribution in [0.2, 0.25) is 0 Å². The summed E-state index contributed by atoms with van der Waals surface area (Å²) < 4.78 is 27.6. The Bertz CT molecular complexity index is 765. The van der Waals surface area contributed by atoms with Gasteiger partial charge in [0, 0.05) is 31.6 Å². The maximum atomic E-state index is 13.0. The van der Waals surface area contributed by atoms with Gasteiger partial charge in [-0.05, 0) is 48.9 Å². The number of fused-ring (bicyclic) bond motifs is 1. The van der Waals surface area contributed by atoms with Gasteiger partial charge in [-0.2, -0.15) is 4.31 Å². The van der Waals surface area contributed by atoms with Gasteiger partial charge in [-0.25, -0.2) is 8.42 Å². The first-order valence-corrected chi connectivity index (χ1v) is 10.5. The summed E-state index contributed by atoms with van der Waals surface area (Å²) in [7, 11) is -3.50. The lowest BCUT2D eigenvalue weighted by atomic mass is 9.94. The first-order valence-electron chi connectivity index (χ1n) is 9.11. The van der Waals surface area contributed by atoms with E-state index >= 15 is 0 Å². The number of rotatable bonds is 2. The van der Waals surface area contributed by atoms with Gasteiger partial charge >= 0.3 is 0 Å². The fourth-order valence-electron chi connectivity index (χ4n) is 3.67. The van der Waals surface area contributed by atoms with Crippen LogP contribution in [0.3, 0.4) is 0 Å². The van der Waals surface area contributed by atoms with Crippen molar-refractivity contribution in [2.75, 3.05) is 26.2 Å². The van der Waals surface area contributed by atoms with E-state index in [9.17, 15) is 13.2 Å². The average molecular weight is 365 g/mol. The highest BCUT2D eigenvalue weighted by molar-refractivity contribution is 7.89. The van der Waals surface area contributed by atoms with Crippen LogP contribution in [0.15, 0.2) is 23.1 Å². The van der Waals surface area contributed by atoms with Crippen molar-refractivity contribution in [3.63, 3.8) is 0 Å². The quantitative estimate of drug-likeness (QED) is 0.810. The van der Waals surface area contributed by atoms with Crippen molar-refractivity contribution in [1.82, 2.24) is 9.21 Å². The third-order valence-electron chi connectivity index (χ3n) is 5.09. The Hall–Kier alpha value is -1.40. The lowest BCUT2D eigenvalue weighted by Crippen LogP contribution is -2.42. The maximum Gasteiger partial charge on any atom is 0.243 e. The van der Waals surface area contributed by atoms with Gasteiger partial charge in [0.25, 0.3) is 0 Å². The lowest BCUT2D eigenvalue weighted by molar-refractivity contribution is -0.139. The Labute approximate surface area is 151 Å². The van der Waals surface area contributed by atoms with E-state index < -0.39 is 15.4 Å². The number of nitrogens with zero attached hydrogens (tertiary/aromatic N) is 2. The van der Waals surface area contributed by atoms with E-state index in [-0.39, 0.29) is 5.91 Å². The topological polar surface area (TPSA) is 57.7 Å². The number of carbonyl (C=O) groups excluding carboxylic acids is 1. The SMILES string of the molecule is CC(C)(C)C(=O)N1CCCN(S(=O)(=O)c2ccc3c(c2)CCC3)CC1. The molecule has 0 radical (unpaired) electrons. The average Bonchev–Trinajstić information content (AvgIpc) is 2.87. The van der Waals surface area contributed by atoms with Gasteiger partial charge in [0.15, 0.2) is 0 Å². The molecule has 2 aliphatic rings. The second kappa shape index (κ2) is 6.72. The van der Waals surface area contributed by atoms with Gasteiger partial charge in [-0.3, -0.25) is 4.79 Å². The molecule has 1 aromatic rings. The van der Waals surface area contributed by atoms with Gasteiger partial charge in [0.1, 0.15) is 0 Å². The molecular formula is C19H28N2O3S. The monoisotopic (exact) mass is 364 g/mol. The van der Waals surface area contributed by atoms with Gasteiger partial charge < -0.3 is 4.90 Å². The van der Waals surface area contributed by atoms with E-state index in [1.807, 2.05) is 32.9 Å². The van der Waals surface area contributed by atoms with E-state index in [1.165, 1.54) is 11.1 Å². The Balaban J connectivity index is 1.76. The maximum absolute atomic E-state index is 13.0. The van der Waals surface area contributed by atoms with Crippen LogP contribution >= 0.6 is 0 Å². The number of amides is 1. The van der Waals surface area contributed by atoms with Crippen molar-refractivity contribution < 1.29 is 13.2 Å². The zero-order valence-electron chi connectivity index (χ0n) is 15.4. The van der Waals surface area contributed by atoms with Crippen molar-refractivity contribution in [2.24, 2.45) is 5.41 Å². The Morgan fingerprint density at radius 3 is 2.40 bits per heavy atom. The first-order chi connectivity index (χ1) is 11.7. The molecule has 1 heterocycles. The molecule has 0 bridgehead atoms. The molecule has 0 N–H and O–H groups in total. The minimum absolute atomic E-state index is 0.0873. The molecule has 0 spiro atoms. The predicted octanol–water partition coefficient (Wildman–Crippen LogP) is 2.44. The second-order valence-corrected chi connectivity index (χ2v) is 10.0. The summed E-state index contributed by atoms with van der Waals surface area (Å²) in [6.45, 7) is 7.61. The van der Waals surface area contributed by atoms with Crippen LogP contribution in [0.5, 0.6) is 0 Å². The van der Waals surface area contributed by atoms with Crippen LogP contribution in [0.1, 0.15) is 44.7 Å². The van der Waals surface area contributed by atoms with Crippen LogP contribution in [-0.2, 0) is 27.7 Å². The number of sulfonamides is 1. The minimum Gasteiger partial charge on any atom is -0.341 e. The van der Waals surface area contributed by atoms with Crippen LogP contribution in [0.25, 0.3) is 0 Å². The molecule has 1 aliphatic carbocycles. The van der Waals surface area contributed by atoms with Crippen molar-refractivity contribution in [3.05, 3.63) is 29.3 Å². The van der Waals surface area contributed by atoms with E-state index in [0.717, 1.165) is 19.3 Å². The molecule has 5 nitrogen and oxygen atoms in total. The molecule has 1 amide bonds. The zero-order chi connectivity index (χ0) is 18.2. The molecule has 0 saturated carbocycles. The van der Waals surface area contributed by atoms with E-state index in [0.29, 0.717) is 37.5 Å². The highest BCUT2D eigenvalue weighted by Gasteiger charge is 2.32. The number of benzene rings is 1. The first kappa shape index (κ1) is 18.4. The van der Waals surface area contributed by atoms with E-state index in [2.05, 4.69) is 0 Å². The molecule has 6 heteroatoms. The largest absolute Gasteiger partial charge is 0.341 e. The number of carbonyl (C=O) groups is 1.